The van der Waals surface area contributed by atoms with Crippen molar-refractivity contribution in [3.05, 3.63) is 54.4 Å². The van der Waals surface area contributed by atoms with Crippen LogP contribution in [0.4, 0.5) is 5.69 Å². The number of carbonyl (C=O) groups is 1. The Labute approximate surface area is 101 Å². The quantitative estimate of drug-likeness (QED) is 0.857. The minimum absolute atomic E-state index is 0.0531. The summed E-state index contributed by atoms with van der Waals surface area (Å²) in [5, 5.41) is 2.88. The monoisotopic (exact) mass is 228 g/mol. The third-order valence-corrected chi connectivity index (χ3v) is 2.72. The van der Waals surface area contributed by atoms with Gasteiger partial charge in [-0.25, -0.2) is 0 Å². The molecule has 0 saturated carbocycles. The lowest BCUT2D eigenvalue weighted by atomic mass is 10.2. The molecule has 1 aromatic carbocycles. The van der Waals surface area contributed by atoms with E-state index in [9.17, 15) is 4.79 Å². The molecule has 2 aromatic rings. The number of nitrogens with zero attached hydrogens (tertiary/aromatic N) is 1. The molecule has 0 fully saturated rings. The molecule has 0 aliphatic carbocycles. The molecule has 88 valence electrons. The van der Waals surface area contributed by atoms with E-state index in [1.165, 1.54) is 5.69 Å². The zero-order valence-corrected chi connectivity index (χ0v) is 9.89. The summed E-state index contributed by atoms with van der Waals surface area (Å²) in [5.41, 5.74) is 2.03. The summed E-state index contributed by atoms with van der Waals surface area (Å²) in [5.74, 6) is 0.0531. The minimum atomic E-state index is 0.0531. The van der Waals surface area contributed by atoms with Crippen molar-refractivity contribution in [2.75, 3.05) is 5.32 Å². The van der Waals surface area contributed by atoms with Crippen molar-refractivity contribution in [2.45, 2.75) is 12.8 Å². The van der Waals surface area contributed by atoms with Gasteiger partial charge in [-0.1, -0.05) is 18.2 Å². The smallest absolute Gasteiger partial charge is 0.224 e. The highest BCUT2D eigenvalue weighted by Gasteiger charge is 2.04. The molecule has 1 aromatic heterocycles. The Morgan fingerprint density at radius 2 is 1.94 bits per heavy atom. The number of hydrogen-bond acceptors (Lipinski definition) is 1. The van der Waals surface area contributed by atoms with Crippen molar-refractivity contribution in [1.82, 2.24) is 4.57 Å². The maximum atomic E-state index is 11.7. The summed E-state index contributed by atoms with van der Waals surface area (Å²) >= 11 is 0. The third-order valence-electron chi connectivity index (χ3n) is 2.72. The van der Waals surface area contributed by atoms with E-state index in [0.717, 1.165) is 12.1 Å². The number of aromatic nitrogens is 1. The van der Waals surface area contributed by atoms with Gasteiger partial charge in [0, 0.05) is 31.0 Å². The standard InChI is InChI=1S/C14H16N2O/c1-16-11-5-8-13(16)9-10-14(17)15-12-6-3-2-4-7-12/h2-8,11H,9-10H2,1H3,(H,15,17). The molecule has 0 aliphatic heterocycles. The molecule has 3 nitrogen and oxygen atoms in total. The van der Waals surface area contributed by atoms with Crippen LogP contribution in [0.1, 0.15) is 12.1 Å². The lowest BCUT2D eigenvalue weighted by molar-refractivity contribution is -0.116. The number of amides is 1. The van der Waals surface area contributed by atoms with Crippen molar-refractivity contribution in [3.8, 4) is 0 Å². The lowest BCUT2D eigenvalue weighted by Crippen LogP contribution is -2.12. The molecule has 0 bridgehead atoms. The first-order valence-electron chi connectivity index (χ1n) is 5.71. The van der Waals surface area contributed by atoms with E-state index in [-0.39, 0.29) is 5.91 Å². The van der Waals surface area contributed by atoms with Gasteiger partial charge in [0.15, 0.2) is 0 Å². The summed E-state index contributed by atoms with van der Waals surface area (Å²) in [6, 6.07) is 13.6. The van der Waals surface area contributed by atoms with Crippen molar-refractivity contribution in [2.24, 2.45) is 7.05 Å². The van der Waals surface area contributed by atoms with Crippen molar-refractivity contribution >= 4 is 11.6 Å². The van der Waals surface area contributed by atoms with E-state index >= 15 is 0 Å². The van der Waals surface area contributed by atoms with Gasteiger partial charge in [-0.05, 0) is 30.7 Å². The second-order valence-electron chi connectivity index (χ2n) is 4.02. The average molecular weight is 228 g/mol. The van der Waals surface area contributed by atoms with Crippen LogP contribution in [0.2, 0.25) is 0 Å². The molecule has 0 aliphatic rings. The zero-order valence-electron chi connectivity index (χ0n) is 9.89. The number of carbonyl (C=O) groups excluding carboxylic acids is 1. The van der Waals surface area contributed by atoms with Crippen LogP contribution in [-0.2, 0) is 18.3 Å². The molecule has 1 heterocycles. The van der Waals surface area contributed by atoms with Gasteiger partial charge in [0.1, 0.15) is 0 Å². The number of benzene rings is 1. The molecule has 1 N–H and O–H groups in total. The van der Waals surface area contributed by atoms with E-state index in [2.05, 4.69) is 5.32 Å². The first kappa shape index (κ1) is 11.5. The van der Waals surface area contributed by atoms with E-state index in [1.54, 1.807) is 0 Å². The highest BCUT2D eigenvalue weighted by molar-refractivity contribution is 5.90. The minimum Gasteiger partial charge on any atom is -0.354 e. The van der Waals surface area contributed by atoms with E-state index < -0.39 is 0 Å². The topological polar surface area (TPSA) is 34.0 Å². The first-order valence-corrected chi connectivity index (χ1v) is 5.71. The van der Waals surface area contributed by atoms with Crippen LogP contribution in [0, 0.1) is 0 Å². The van der Waals surface area contributed by atoms with Crippen LogP contribution < -0.4 is 5.32 Å². The molecule has 3 heteroatoms. The van der Waals surface area contributed by atoms with Gasteiger partial charge in [-0.15, -0.1) is 0 Å². The number of nitrogens with one attached hydrogen (secondary N) is 1. The summed E-state index contributed by atoms with van der Waals surface area (Å²) < 4.78 is 2.04. The lowest BCUT2D eigenvalue weighted by Gasteiger charge is -2.05. The Morgan fingerprint density at radius 1 is 1.18 bits per heavy atom. The van der Waals surface area contributed by atoms with Crippen molar-refractivity contribution in [3.63, 3.8) is 0 Å². The molecule has 17 heavy (non-hydrogen) atoms. The van der Waals surface area contributed by atoms with Crippen LogP contribution in [0.5, 0.6) is 0 Å². The molecule has 0 unspecified atom stereocenters. The van der Waals surface area contributed by atoms with Gasteiger partial charge in [0.05, 0.1) is 0 Å². The van der Waals surface area contributed by atoms with Crippen molar-refractivity contribution < 1.29 is 4.79 Å². The maximum absolute atomic E-state index is 11.7. The Kier molecular flexibility index (Phi) is 3.60. The van der Waals surface area contributed by atoms with Crippen LogP contribution >= 0.6 is 0 Å². The Bertz CT molecular complexity index is 488. The predicted molar refractivity (Wildman–Crippen MR) is 68.8 cm³/mol. The summed E-state index contributed by atoms with van der Waals surface area (Å²) in [4.78, 5) is 11.7. The van der Waals surface area contributed by atoms with Gasteiger partial charge >= 0.3 is 0 Å². The second-order valence-corrected chi connectivity index (χ2v) is 4.02. The van der Waals surface area contributed by atoms with Gasteiger partial charge in [-0.2, -0.15) is 0 Å². The fourth-order valence-electron chi connectivity index (χ4n) is 1.74. The maximum Gasteiger partial charge on any atom is 0.224 e. The first-order chi connectivity index (χ1) is 8.25. The van der Waals surface area contributed by atoms with Gasteiger partial charge < -0.3 is 9.88 Å². The third kappa shape index (κ3) is 3.21. The SMILES string of the molecule is Cn1cccc1CCC(=O)Nc1ccccc1. The van der Waals surface area contributed by atoms with E-state index in [4.69, 9.17) is 0 Å². The average Bonchev–Trinajstić information content (AvgIpc) is 2.74. The van der Waals surface area contributed by atoms with Gasteiger partial charge in [-0.3, -0.25) is 4.79 Å². The fraction of sp³-hybridized carbons (Fsp3) is 0.214. The molecular formula is C14H16N2O. The highest BCUT2D eigenvalue weighted by Crippen LogP contribution is 2.07. The van der Waals surface area contributed by atoms with Gasteiger partial charge in [0.25, 0.3) is 0 Å². The van der Waals surface area contributed by atoms with Crippen LogP contribution in [-0.4, -0.2) is 10.5 Å². The zero-order chi connectivity index (χ0) is 12.1. The predicted octanol–water partition coefficient (Wildman–Crippen LogP) is 2.60. The number of para-hydroxylation sites is 1. The summed E-state index contributed by atoms with van der Waals surface area (Å²) in [6.45, 7) is 0. The number of rotatable bonds is 4. The Hall–Kier alpha value is -2.03. The summed E-state index contributed by atoms with van der Waals surface area (Å²) in [6.07, 6.45) is 3.26. The molecular weight excluding hydrogens is 212 g/mol. The van der Waals surface area contributed by atoms with E-state index in [0.29, 0.717) is 6.42 Å². The normalized spacial score (nSPS) is 10.2. The number of anilines is 1. The Morgan fingerprint density at radius 3 is 2.59 bits per heavy atom. The van der Waals surface area contributed by atoms with Crippen LogP contribution in [0.25, 0.3) is 0 Å². The van der Waals surface area contributed by atoms with Crippen LogP contribution in [0.15, 0.2) is 48.7 Å². The molecule has 0 radical (unpaired) electrons. The number of hydrogen-bond donors (Lipinski definition) is 1. The molecule has 1 amide bonds. The van der Waals surface area contributed by atoms with Crippen LogP contribution in [0.3, 0.4) is 0 Å². The molecule has 0 saturated heterocycles. The molecule has 0 atom stereocenters. The fourth-order valence-corrected chi connectivity index (χ4v) is 1.74. The largest absolute Gasteiger partial charge is 0.354 e. The van der Waals surface area contributed by atoms with Gasteiger partial charge in [0.2, 0.25) is 5.91 Å². The Balaban J connectivity index is 1.84. The highest BCUT2D eigenvalue weighted by atomic mass is 16.1. The van der Waals surface area contributed by atoms with Crippen molar-refractivity contribution in [1.29, 1.82) is 0 Å². The number of aryl methyl sites for hydroxylation is 2. The molecule has 2 rings (SSSR count). The summed E-state index contributed by atoms with van der Waals surface area (Å²) in [7, 11) is 1.99. The molecule has 0 spiro atoms. The second kappa shape index (κ2) is 5.34. The van der Waals surface area contributed by atoms with E-state index in [1.807, 2.05) is 60.3 Å².